The highest BCUT2D eigenvalue weighted by Crippen LogP contribution is 2.33. The van der Waals surface area contributed by atoms with Crippen LogP contribution >= 0.6 is 0 Å². The van der Waals surface area contributed by atoms with Gasteiger partial charge in [-0.25, -0.2) is 0 Å². The minimum atomic E-state index is -1.30. The van der Waals surface area contributed by atoms with Crippen LogP contribution in [-0.4, -0.2) is 130 Å². The van der Waals surface area contributed by atoms with E-state index < -0.39 is 61.4 Å². The van der Waals surface area contributed by atoms with Crippen molar-refractivity contribution < 1.29 is 52.5 Å². The number of ether oxygens (including phenoxy) is 10. The minimum absolute atomic E-state index is 0.222. The topological polar surface area (TPSA) is 113 Å². The summed E-state index contributed by atoms with van der Waals surface area (Å²) in [5.41, 5.74) is 0. The van der Waals surface area contributed by atoms with E-state index >= 15 is 0 Å². The molecule has 30 heavy (non-hydrogen) atoms. The lowest BCUT2D eigenvalue weighted by Gasteiger charge is -2.48. The van der Waals surface area contributed by atoms with Gasteiger partial charge in [0.2, 0.25) is 0 Å². The first-order valence-electron chi connectivity index (χ1n) is 9.77. The number of hydrogen-bond acceptors (Lipinski definition) is 11. The second kappa shape index (κ2) is 12.6. The second-order valence-electron chi connectivity index (χ2n) is 7.12. The smallest absolute Gasteiger partial charge is 0.187 e. The Morgan fingerprint density at radius 3 is 1.43 bits per heavy atom. The summed E-state index contributed by atoms with van der Waals surface area (Å²) in [7, 11) is 10.8. The molecule has 0 amide bonds. The lowest BCUT2D eigenvalue weighted by molar-refractivity contribution is -0.369. The number of hydrogen-bond donors (Lipinski definition) is 1. The van der Waals surface area contributed by atoms with Gasteiger partial charge in [-0.3, -0.25) is 0 Å². The van der Waals surface area contributed by atoms with E-state index in [1.54, 1.807) is 28.4 Å². The number of aliphatic hydroxyl groups is 1. The normalized spacial score (nSPS) is 42.4. The van der Waals surface area contributed by atoms with Crippen LogP contribution in [0.1, 0.15) is 0 Å². The molecule has 0 radical (unpaired) electrons. The molecule has 0 spiro atoms. The maximum atomic E-state index is 10.6. The van der Waals surface area contributed by atoms with E-state index in [0.29, 0.717) is 0 Å². The molecule has 2 aliphatic heterocycles. The predicted molar refractivity (Wildman–Crippen MR) is 102 cm³/mol. The molecule has 2 saturated heterocycles. The Labute approximate surface area is 177 Å². The first kappa shape index (κ1) is 25.8. The molecule has 0 aliphatic carbocycles. The number of aliphatic hydroxyl groups excluding tert-OH is 1. The molecular formula is C19H36O11. The van der Waals surface area contributed by atoms with Gasteiger partial charge in [-0.1, -0.05) is 0 Å². The van der Waals surface area contributed by atoms with Crippen LogP contribution in [0.3, 0.4) is 0 Å². The number of rotatable bonds is 11. The van der Waals surface area contributed by atoms with Gasteiger partial charge >= 0.3 is 0 Å². The van der Waals surface area contributed by atoms with Crippen LogP contribution in [-0.2, 0) is 47.4 Å². The van der Waals surface area contributed by atoms with Gasteiger partial charge in [-0.05, 0) is 0 Å². The van der Waals surface area contributed by atoms with Crippen LogP contribution < -0.4 is 0 Å². The fourth-order valence-electron chi connectivity index (χ4n) is 4.13. The molecule has 2 rings (SSSR count). The van der Waals surface area contributed by atoms with Gasteiger partial charge in [0.05, 0.1) is 13.2 Å². The van der Waals surface area contributed by atoms with Crippen molar-refractivity contribution in [3.8, 4) is 0 Å². The highest BCUT2D eigenvalue weighted by molar-refractivity contribution is 4.96. The Balaban J connectivity index is 2.25. The molecule has 10 atom stereocenters. The van der Waals surface area contributed by atoms with Crippen LogP contribution in [0.4, 0.5) is 0 Å². The summed E-state index contributed by atoms with van der Waals surface area (Å²) in [6.45, 7) is 0.475. The summed E-state index contributed by atoms with van der Waals surface area (Å²) < 4.78 is 56.3. The average molecular weight is 440 g/mol. The van der Waals surface area contributed by atoms with E-state index in [0.717, 1.165) is 0 Å². The van der Waals surface area contributed by atoms with E-state index in [-0.39, 0.29) is 13.2 Å². The summed E-state index contributed by atoms with van der Waals surface area (Å²) in [4.78, 5) is 0. The quantitative estimate of drug-likeness (QED) is 0.435. The lowest BCUT2D eigenvalue weighted by atomic mass is 9.96. The highest BCUT2D eigenvalue weighted by Gasteiger charge is 2.52. The van der Waals surface area contributed by atoms with E-state index in [1.165, 1.54) is 21.3 Å². The minimum Gasteiger partial charge on any atom is -0.382 e. The van der Waals surface area contributed by atoms with E-state index in [2.05, 4.69) is 0 Å². The van der Waals surface area contributed by atoms with Crippen molar-refractivity contribution in [3.63, 3.8) is 0 Å². The highest BCUT2D eigenvalue weighted by atomic mass is 16.8. The molecule has 0 bridgehead atoms. The van der Waals surface area contributed by atoms with Crippen molar-refractivity contribution in [1.82, 2.24) is 0 Å². The molecule has 0 saturated carbocycles. The monoisotopic (exact) mass is 440 g/mol. The maximum absolute atomic E-state index is 10.6. The Morgan fingerprint density at radius 1 is 0.567 bits per heavy atom. The largest absolute Gasteiger partial charge is 0.382 e. The fourth-order valence-corrected chi connectivity index (χ4v) is 4.13. The second-order valence-corrected chi connectivity index (χ2v) is 7.12. The third-order valence-corrected chi connectivity index (χ3v) is 5.51. The predicted octanol–water partition coefficient (Wildman–Crippen LogP) is -0.818. The van der Waals surface area contributed by atoms with Gasteiger partial charge in [0.15, 0.2) is 12.6 Å². The Bertz CT molecular complexity index is 481. The summed E-state index contributed by atoms with van der Waals surface area (Å²) in [6, 6.07) is 0. The van der Waals surface area contributed by atoms with E-state index in [9.17, 15) is 5.11 Å². The first-order chi connectivity index (χ1) is 14.5. The Kier molecular flexibility index (Phi) is 10.8. The molecule has 178 valence electrons. The summed E-state index contributed by atoms with van der Waals surface area (Å²) in [5, 5.41) is 10.6. The zero-order valence-electron chi connectivity index (χ0n) is 18.7. The average Bonchev–Trinajstić information content (AvgIpc) is 2.74. The third kappa shape index (κ3) is 5.48. The van der Waals surface area contributed by atoms with E-state index in [1.807, 2.05) is 0 Å². The van der Waals surface area contributed by atoms with Gasteiger partial charge in [0.25, 0.3) is 0 Å². The van der Waals surface area contributed by atoms with Crippen LogP contribution in [0, 0.1) is 0 Å². The van der Waals surface area contributed by atoms with Crippen LogP contribution in [0.2, 0.25) is 0 Å². The lowest BCUT2D eigenvalue weighted by Crippen LogP contribution is -2.65. The molecule has 2 aliphatic rings. The van der Waals surface area contributed by atoms with Gasteiger partial charge in [-0.2, -0.15) is 0 Å². The zero-order chi connectivity index (χ0) is 22.3. The molecule has 10 unspecified atom stereocenters. The van der Waals surface area contributed by atoms with Gasteiger partial charge in [-0.15, -0.1) is 0 Å². The van der Waals surface area contributed by atoms with Crippen molar-refractivity contribution in [2.45, 2.75) is 61.4 Å². The van der Waals surface area contributed by atoms with Gasteiger partial charge in [0.1, 0.15) is 48.8 Å². The molecule has 0 aromatic heterocycles. The van der Waals surface area contributed by atoms with Gasteiger partial charge in [0, 0.05) is 49.8 Å². The molecule has 11 nitrogen and oxygen atoms in total. The molecule has 1 N–H and O–H groups in total. The Hall–Kier alpha value is -0.440. The van der Waals surface area contributed by atoms with Crippen molar-refractivity contribution in [2.75, 3.05) is 63.0 Å². The van der Waals surface area contributed by atoms with Crippen molar-refractivity contribution in [1.29, 1.82) is 0 Å². The van der Waals surface area contributed by atoms with Crippen LogP contribution in [0.5, 0.6) is 0 Å². The van der Waals surface area contributed by atoms with Crippen molar-refractivity contribution in [3.05, 3.63) is 0 Å². The summed E-state index contributed by atoms with van der Waals surface area (Å²) in [5.74, 6) is 0. The summed E-state index contributed by atoms with van der Waals surface area (Å²) in [6.07, 6.45) is -6.92. The zero-order valence-corrected chi connectivity index (χ0v) is 18.7. The molecular weight excluding hydrogens is 404 g/mol. The SMILES string of the molecule is COCC1OC(O)C(OC2OC(COC)C(OC)C(OC)C2OC)C(OC)C1OC. The summed E-state index contributed by atoms with van der Waals surface area (Å²) >= 11 is 0. The number of methoxy groups -OCH3 is 7. The van der Waals surface area contributed by atoms with E-state index in [4.69, 9.17) is 47.4 Å². The molecule has 0 aromatic rings. The van der Waals surface area contributed by atoms with Crippen LogP contribution in [0.15, 0.2) is 0 Å². The molecule has 11 heteroatoms. The maximum Gasteiger partial charge on any atom is 0.187 e. The molecule has 2 heterocycles. The fraction of sp³-hybridized carbons (Fsp3) is 1.00. The van der Waals surface area contributed by atoms with Crippen LogP contribution in [0.25, 0.3) is 0 Å². The molecule has 0 aromatic carbocycles. The first-order valence-corrected chi connectivity index (χ1v) is 9.77. The van der Waals surface area contributed by atoms with Gasteiger partial charge < -0.3 is 52.5 Å². The third-order valence-electron chi connectivity index (χ3n) is 5.51. The van der Waals surface area contributed by atoms with Crippen molar-refractivity contribution >= 4 is 0 Å². The molecule has 2 fully saturated rings. The van der Waals surface area contributed by atoms with Crippen molar-refractivity contribution in [2.24, 2.45) is 0 Å². The Morgan fingerprint density at radius 2 is 1.00 bits per heavy atom. The standard InChI is InChI=1S/C19H36O11/c1-21-8-10-12(23-3)14(25-5)16(18(20)28-10)30-19-17(27-7)15(26-6)13(24-4)11(29-19)9-22-2/h10-20H,8-9H2,1-7H3.